The van der Waals surface area contributed by atoms with Gasteiger partial charge in [-0.25, -0.2) is 0 Å². The molecule has 0 bridgehead atoms. The van der Waals surface area contributed by atoms with Crippen LogP contribution in [0.1, 0.15) is 11.1 Å². The van der Waals surface area contributed by atoms with Crippen LogP contribution in [-0.4, -0.2) is 5.11 Å². The summed E-state index contributed by atoms with van der Waals surface area (Å²) >= 11 is 0. The number of phenols is 1. The van der Waals surface area contributed by atoms with Crippen LogP contribution in [0.4, 0.5) is 0 Å². The zero-order chi connectivity index (χ0) is 11.5. The van der Waals surface area contributed by atoms with Gasteiger partial charge in [-0.15, -0.1) is 0 Å². The first-order valence-electron chi connectivity index (χ1n) is 5.29. The minimum absolute atomic E-state index is 0.287. The molecule has 2 rings (SSSR count). The number of aromatic hydroxyl groups is 1. The molecule has 0 heterocycles. The third-order valence-corrected chi connectivity index (χ3v) is 2.77. The average molecular weight is 213 g/mol. The van der Waals surface area contributed by atoms with Crippen molar-refractivity contribution in [2.24, 2.45) is 5.73 Å². The Balaban J connectivity index is 2.44. The second kappa shape index (κ2) is 4.37. The summed E-state index contributed by atoms with van der Waals surface area (Å²) in [6, 6.07) is 13.4. The molecule has 3 N–H and O–H groups in total. The van der Waals surface area contributed by atoms with Gasteiger partial charge in [-0.05, 0) is 47.4 Å². The Labute approximate surface area is 95.4 Å². The number of benzene rings is 2. The van der Waals surface area contributed by atoms with E-state index in [4.69, 9.17) is 5.73 Å². The van der Waals surface area contributed by atoms with E-state index in [-0.39, 0.29) is 5.75 Å². The Bertz CT molecular complexity index is 489. The van der Waals surface area contributed by atoms with Gasteiger partial charge < -0.3 is 10.8 Å². The highest BCUT2D eigenvalue weighted by molar-refractivity contribution is 5.65. The van der Waals surface area contributed by atoms with Gasteiger partial charge in [0.1, 0.15) is 5.75 Å². The fourth-order valence-electron chi connectivity index (χ4n) is 1.72. The Morgan fingerprint density at radius 2 is 1.62 bits per heavy atom. The molecule has 2 aromatic carbocycles. The molecule has 0 aliphatic carbocycles. The maximum atomic E-state index is 9.23. The Morgan fingerprint density at radius 3 is 2.25 bits per heavy atom. The predicted octanol–water partition coefficient (Wildman–Crippen LogP) is 2.83. The van der Waals surface area contributed by atoms with Gasteiger partial charge in [0, 0.05) is 6.54 Å². The van der Waals surface area contributed by atoms with E-state index in [9.17, 15) is 5.11 Å². The van der Waals surface area contributed by atoms with Gasteiger partial charge >= 0.3 is 0 Å². The molecule has 2 nitrogen and oxygen atoms in total. The standard InChI is InChI=1S/C14H15NO/c1-10-2-3-12(8-13(10)9-15)11-4-6-14(16)7-5-11/h2-8,16H,9,15H2,1H3. The molecule has 82 valence electrons. The van der Waals surface area contributed by atoms with Crippen LogP contribution in [0.3, 0.4) is 0 Å². The summed E-state index contributed by atoms with van der Waals surface area (Å²) in [5.74, 6) is 0.287. The zero-order valence-corrected chi connectivity index (χ0v) is 9.27. The second-order valence-corrected chi connectivity index (χ2v) is 3.89. The fourth-order valence-corrected chi connectivity index (χ4v) is 1.72. The van der Waals surface area contributed by atoms with Gasteiger partial charge in [0.15, 0.2) is 0 Å². The molecule has 0 aliphatic heterocycles. The topological polar surface area (TPSA) is 46.2 Å². The summed E-state index contributed by atoms with van der Waals surface area (Å²) in [5, 5.41) is 9.23. The van der Waals surface area contributed by atoms with E-state index in [1.807, 2.05) is 12.1 Å². The Kier molecular flexibility index (Phi) is 2.93. The van der Waals surface area contributed by atoms with Crippen molar-refractivity contribution in [2.45, 2.75) is 13.5 Å². The first-order chi connectivity index (χ1) is 7.70. The van der Waals surface area contributed by atoms with Crippen molar-refractivity contribution in [3.8, 4) is 16.9 Å². The highest BCUT2D eigenvalue weighted by Crippen LogP contribution is 2.24. The maximum absolute atomic E-state index is 9.23. The summed E-state index contributed by atoms with van der Waals surface area (Å²) in [5.41, 5.74) is 10.3. The third-order valence-electron chi connectivity index (χ3n) is 2.77. The molecule has 0 unspecified atom stereocenters. The van der Waals surface area contributed by atoms with Crippen molar-refractivity contribution in [3.05, 3.63) is 53.6 Å². The van der Waals surface area contributed by atoms with E-state index < -0.39 is 0 Å². The van der Waals surface area contributed by atoms with E-state index in [0.29, 0.717) is 6.54 Å². The van der Waals surface area contributed by atoms with Crippen molar-refractivity contribution in [3.63, 3.8) is 0 Å². The highest BCUT2D eigenvalue weighted by atomic mass is 16.3. The fraction of sp³-hybridized carbons (Fsp3) is 0.143. The van der Waals surface area contributed by atoms with Gasteiger partial charge in [0.25, 0.3) is 0 Å². The third kappa shape index (κ3) is 2.07. The van der Waals surface area contributed by atoms with E-state index >= 15 is 0 Å². The lowest BCUT2D eigenvalue weighted by molar-refractivity contribution is 0.475. The van der Waals surface area contributed by atoms with Crippen LogP contribution >= 0.6 is 0 Å². The van der Waals surface area contributed by atoms with Crippen LogP contribution in [0.2, 0.25) is 0 Å². The molecule has 0 saturated heterocycles. The Morgan fingerprint density at radius 1 is 1.00 bits per heavy atom. The number of nitrogens with two attached hydrogens (primary N) is 1. The summed E-state index contributed by atoms with van der Waals surface area (Å²) in [4.78, 5) is 0. The smallest absolute Gasteiger partial charge is 0.115 e. The largest absolute Gasteiger partial charge is 0.508 e. The van der Waals surface area contributed by atoms with E-state index in [1.165, 1.54) is 5.56 Å². The normalized spacial score (nSPS) is 10.4. The number of aryl methyl sites for hydroxylation is 1. The number of phenolic OH excluding ortho intramolecular Hbond substituents is 1. The molecule has 0 aromatic heterocycles. The molecule has 0 saturated carbocycles. The van der Waals surface area contributed by atoms with Crippen molar-refractivity contribution < 1.29 is 5.11 Å². The molecule has 2 heteroatoms. The molecule has 0 amide bonds. The average Bonchev–Trinajstić information content (AvgIpc) is 2.31. The first kappa shape index (κ1) is 10.7. The van der Waals surface area contributed by atoms with Crippen LogP contribution < -0.4 is 5.73 Å². The van der Waals surface area contributed by atoms with Gasteiger partial charge in [-0.2, -0.15) is 0 Å². The molecule has 0 fully saturated rings. The monoisotopic (exact) mass is 213 g/mol. The van der Waals surface area contributed by atoms with Crippen LogP contribution in [0.25, 0.3) is 11.1 Å². The van der Waals surface area contributed by atoms with Gasteiger partial charge in [-0.1, -0.05) is 24.3 Å². The number of hydrogen-bond donors (Lipinski definition) is 2. The quantitative estimate of drug-likeness (QED) is 0.805. The SMILES string of the molecule is Cc1ccc(-c2ccc(O)cc2)cc1CN. The molecule has 0 spiro atoms. The van der Waals surface area contributed by atoms with Crippen molar-refractivity contribution in [1.29, 1.82) is 0 Å². The number of hydrogen-bond acceptors (Lipinski definition) is 2. The first-order valence-corrected chi connectivity index (χ1v) is 5.29. The van der Waals surface area contributed by atoms with Crippen LogP contribution in [0.5, 0.6) is 5.75 Å². The molecule has 2 aromatic rings. The predicted molar refractivity (Wildman–Crippen MR) is 66.2 cm³/mol. The van der Waals surface area contributed by atoms with Gasteiger partial charge in [0.05, 0.1) is 0 Å². The van der Waals surface area contributed by atoms with Crippen molar-refractivity contribution in [1.82, 2.24) is 0 Å². The Hall–Kier alpha value is -1.80. The molecular formula is C14H15NO. The lowest BCUT2D eigenvalue weighted by Gasteiger charge is -2.07. The maximum Gasteiger partial charge on any atom is 0.115 e. The minimum atomic E-state index is 0.287. The van der Waals surface area contributed by atoms with E-state index in [2.05, 4.69) is 25.1 Å². The minimum Gasteiger partial charge on any atom is -0.508 e. The summed E-state index contributed by atoms with van der Waals surface area (Å²) < 4.78 is 0. The number of rotatable bonds is 2. The second-order valence-electron chi connectivity index (χ2n) is 3.89. The van der Waals surface area contributed by atoms with Gasteiger partial charge in [-0.3, -0.25) is 0 Å². The van der Waals surface area contributed by atoms with Crippen molar-refractivity contribution in [2.75, 3.05) is 0 Å². The molecule has 0 atom stereocenters. The van der Waals surface area contributed by atoms with E-state index in [1.54, 1.807) is 12.1 Å². The highest BCUT2D eigenvalue weighted by Gasteiger charge is 2.01. The van der Waals surface area contributed by atoms with Crippen LogP contribution in [0, 0.1) is 6.92 Å². The zero-order valence-electron chi connectivity index (χ0n) is 9.27. The molecule has 16 heavy (non-hydrogen) atoms. The van der Waals surface area contributed by atoms with E-state index in [0.717, 1.165) is 16.7 Å². The molecule has 0 aliphatic rings. The van der Waals surface area contributed by atoms with Crippen LogP contribution in [-0.2, 0) is 6.54 Å². The lowest BCUT2D eigenvalue weighted by atomic mass is 10.00. The molecule has 0 radical (unpaired) electrons. The summed E-state index contributed by atoms with van der Waals surface area (Å²) in [6.07, 6.45) is 0. The molecular weight excluding hydrogens is 198 g/mol. The van der Waals surface area contributed by atoms with Crippen molar-refractivity contribution >= 4 is 0 Å². The van der Waals surface area contributed by atoms with Gasteiger partial charge in [0.2, 0.25) is 0 Å². The lowest BCUT2D eigenvalue weighted by Crippen LogP contribution is -1.99. The summed E-state index contributed by atoms with van der Waals surface area (Å²) in [7, 11) is 0. The van der Waals surface area contributed by atoms with Crippen LogP contribution in [0.15, 0.2) is 42.5 Å². The summed E-state index contributed by atoms with van der Waals surface area (Å²) in [6.45, 7) is 2.61.